The molecule has 0 saturated carbocycles. The topological polar surface area (TPSA) is 70.3 Å². The zero-order valence-electron chi connectivity index (χ0n) is 13.9. The summed E-state index contributed by atoms with van der Waals surface area (Å²) in [7, 11) is -1.47. The molecule has 0 radical (unpaired) electrons. The van der Waals surface area contributed by atoms with Crippen LogP contribution < -0.4 is 4.57 Å². The first-order valence-electron chi connectivity index (χ1n) is 7.19. The minimum atomic E-state index is -4.41. The van der Waals surface area contributed by atoms with Crippen molar-refractivity contribution < 1.29 is 21.7 Å². The first-order chi connectivity index (χ1) is 11.2. The number of rotatable bonds is 2. The van der Waals surface area contributed by atoms with Gasteiger partial charge in [0.15, 0.2) is 0 Å². The lowest BCUT2D eigenvalue weighted by Gasteiger charge is -2.01. The van der Waals surface area contributed by atoms with Crippen molar-refractivity contribution in [2.24, 2.45) is 7.05 Å². The summed E-state index contributed by atoms with van der Waals surface area (Å²) < 4.78 is 34.6. The van der Waals surface area contributed by atoms with Crippen molar-refractivity contribution in [3.63, 3.8) is 0 Å². The van der Waals surface area contributed by atoms with E-state index in [1.165, 1.54) is 31.9 Å². The zero-order chi connectivity index (χ0) is 17.9. The third kappa shape index (κ3) is 4.61. The Kier molecular flexibility index (Phi) is 5.71. The number of aromatic nitrogens is 1. The molecule has 0 atom stereocenters. The van der Waals surface area contributed by atoms with Crippen molar-refractivity contribution in [3.05, 3.63) is 53.0 Å². The monoisotopic (exact) mass is 365 g/mol. The SMILES string of the molecule is COS(=O)(=O)[O-].Cc1ccc(-c2ccc3sc(C)[n+](C)c3c2)cc1. The number of nitrogens with zero attached hydrogens (tertiary/aromatic N) is 1. The molecular weight excluding hydrogens is 346 g/mol. The highest BCUT2D eigenvalue weighted by Crippen LogP contribution is 2.26. The van der Waals surface area contributed by atoms with Crippen LogP contribution in [0.2, 0.25) is 0 Å². The first kappa shape index (κ1) is 18.5. The van der Waals surface area contributed by atoms with Gasteiger partial charge in [0.25, 0.3) is 0 Å². The molecule has 128 valence electrons. The van der Waals surface area contributed by atoms with E-state index < -0.39 is 10.4 Å². The minimum Gasteiger partial charge on any atom is -0.726 e. The van der Waals surface area contributed by atoms with Crippen LogP contribution in [0.3, 0.4) is 0 Å². The second-order valence-corrected chi connectivity index (χ2v) is 7.69. The van der Waals surface area contributed by atoms with Crippen molar-refractivity contribution in [1.29, 1.82) is 0 Å². The summed E-state index contributed by atoms with van der Waals surface area (Å²) in [5.41, 5.74) is 5.19. The van der Waals surface area contributed by atoms with Gasteiger partial charge < -0.3 is 4.55 Å². The number of hydrogen-bond acceptors (Lipinski definition) is 5. The highest BCUT2D eigenvalue weighted by Gasteiger charge is 2.13. The summed E-state index contributed by atoms with van der Waals surface area (Å²) >= 11 is 1.85. The van der Waals surface area contributed by atoms with Crippen molar-refractivity contribution in [1.82, 2.24) is 0 Å². The Morgan fingerprint density at radius 3 is 2.12 bits per heavy atom. The number of thiazole rings is 1. The molecule has 3 aromatic rings. The second kappa shape index (κ2) is 7.40. The smallest absolute Gasteiger partial charge is 0.234 e. The Bertz CT molecular complexity index is 945. The van der Waals surface area contributed by atoms with E-state index in [1.54, 1.807) is 0 Å². The molecule has 3 rings (SSSR count). The summed E-state index contributed by atoms with van der Waals surface area (Å²) in [6.07, 6.45) is 0. The number of hydrogen-bond donors (Lipinski definition) is 0. The predicted octanol–water partition coefficient (Wildman–Crippen LogP) is 3.10. The average molecular weight is 365 g/mol. The molecule has 0 N–H and O–H groups in total. The van der Waals surface area contributed by atoms with E-state index in [-0.39, 0.29) is 0 Å². The van der Waals surface area contributed by atoms with Crippen LogP contribution in [-0.4, -0.2) is 20.1 Å². The maximum absolute atomic E-state index is 9.22. The molecule has 0 unspecified atom stereocenters. The van der Waals surface area contributed by atoms with Gasteiger partial charge in [0.2, 0.25) is 20.9 Å². The molecule has 0 spiro atoms. The summed E-state index contributed by atoms with van der Waals surface area (Å²) in [4.78, 5) is 0. The minimum absolute atomic E-state index is 0.808. The van der Waals surface area contributed by atoms with Crippen molar-refractivity contribution in [2.75, 3.05) is 7.11 Å². The highest BCUT2D eigenvalue weighted by molar-refractivity contribution is 7.80. The maximum Gasteiger partial charge on any atom is 0.234 e. The Morgan fingerprint density at radius 2 is 1.58 bits per heavy atom. The van der Waals surface area contributed by atoms with Gasteiger partial charge >= 0.3 is 0 Å². The van der Waals surface area contributed by atoms with E-state index in [9.17, 15) is 13.0 Å². The summed E-state index contributed by atoms with van der Waals surface area (Å²) in [5.74, 6) is 0. The van der Waals surface area contributed by atoms with E-state index in [0.717, 1.165) is 7.11 Å². The van der Waals surface area contributed by atoms with Crippen molar-refractivity contribution in [2.45, 2.75) is 13.8 Å². The fourth-order valence-electron chi connectivity index (χ4n) is 2.19. The van der Waals surface area contributed by atoms with Crippen molar-refractivity contribution in [3.8, 4) is 11.1 Å². The quantitative estimate of drug-likeness (QED) is 0.397. The molecule has 24 heavy (non-hydrogen) atoms. The third-order valence-electron chi connectivity index (χ3n) is 3.64. The number of fused-ring (bicyclic) bond motifs is 1. The average Bonchev–Trinajstić information content (AvgIpc) is 2.82. The van der Waals surface area contributed by atoms with Crippen LogP contribution in [0, 0.1) is 13.8 Å². The number of benzene rings is 2. The molecule has 0 aliphatic carbocycles. The lowest BCUT2D eigenvalue weighted by atomic mass is 10.0. The van der Waals surface area contributed by atoms with Crippen LogP contribution in [0.1, 0.15) is 10.6 Å². The Labute approximate surface area is 146 Å². The Balaban J connectivity index is 0.000000301. The van der Waals surface area contributed by atoms with Crippen LogP contribution in [0.4, 0.5) is 0 Å². The van der Waals surface area contributed by atoms with E-state index in [2.05, 4.69) is 72.1 Å². The van der Waals surface area contributed by atoms with Gasteiger partial charge in [-0.15, -0.1) is 0 Å². The molecule has 2 aromatic carbocycles. The Hall–Kier alpha value is -1.80. The van der Waals surface area contributed by atoms with Gasteiger partial charge in [0, 0.05) is 13.0 Å². The van der Waals surface area contributed by atoms with Crippen LogP contribution in [-0.2, 0) is 21.6 Å². The molecule has 0 fully saturated rings. The van der Waals surface area contributed by atoms with E-state index in [4.69, 9.17) is 0 Å². The molecule has 0 aliphatic rings. The molecule has 0 bridgehead atoms. The standard InChI is InChI=1S/C16H16NS.CH4O4S/c1-11-4-6-13(7-5-11)14-8-9-16-15(10-14)17(3)12(2)18-16;1-5-6(2,3)4/h4-10H,1-3H3;1H3,(H,2,3,4)/q+1;/p-1. The molecule has 0 aliphatic heterocycles. The van der Waals surface area contributed by atoms with Crippen LogP contribution in [0.5, 0.6) is 0 Å². The van der Waals surface area contributed by atoms with E-state index >= 15 is 0 Å². The molecule has 0 saturated heterocycles. The maximum atomic E-state index is 9.22. The summed E-state index contributed by atoms with van der Waals surface area (Å²) in [6.45, 7) is 4.28. The van der Waals surface area contributed by atoms with Gasteiger partial charge in [0.05, 0.1) is 7.11 Å². The van der Waals surface area contributed by atoms with Gasteiger partial charge in [-0.25, -0.2) is 8.42 Å². The molecular formula is C17H19NO4S2. The highest BCUT2D eigenvalue weighted by atomic mass is 32.3. The van der Waals surface area contributed by atoms with Gasteiger partial charge in [-0.2, -0.15) is 4.57 Å². The first-order valence-corrected chi connectivity index (χ1v) is 9.34. The zero-order valence-corrected chi connectivity index (χ0v) is 15.6. The lowest BCUT2D eigenvalue weighted by Crippen LogP contribution is -2.28. The third-order valence-corrected chi connectivity index (χ3v) is 5.18. The van der Waals surface area contributed by atoms with Gasteiger partial charge in [-0.1, -0.05) is 47.2 Å². The van der Waals surface area contributed by atoms with Gasteiger partial charge in [-0.3, -0.25) is 4.18 Å². The van der Waals surface area contributed by atoms with E-state index in [0.29, 0.717) is 0 Å². The Morgan fingerprint density at radius 1 is 1.04 bits per heavy atom. The fourth-order valence-corrected chi connectivity index (χ4v) is 3.18. The van der Waals surface area contributed by atoms with Crippen LogP contribution in [0.25, 0.3) is 21.3 Å². The number of aryl methyl sites for hydroxylation is 3. The largest absolute Gasteiger partial charge is 0.726 e. The van der Waals surface area contributed by atoms with E-state index in [1.807, 2.05) is 11.3 Å². The molecule has 1 heterocycles. The molecule has 0 amide bonds. The van der Waals surface area contributed by atoms with Crippen molar-refractivity contribution >= 4 is 32.0 Å². The van der Waals surface area contributed by atoms with Crippen LogP contribution >= 0.6 is 11.3 Å². The fraction of sp³-hybridized carbons (Fsp3) is 0.235. The van der Waals surface area contributed by atoms with Crippen LogP contribution in [0.15, 0.2) is 42.5 Å². The normalized spacial score (nSPS) is 11.2. The summed E-state index contributed by atoms with van der Waals surface area (Å²) in [5, 5.41) is 1.34. The van der Waals surface area contributed by atoms with Gasteiger partial charge in [0.1, 0.15) is 11.7 Å². The molecule has 1 aromatic heterocycles. The van der Waals surface area contributed by atoms with Gasteiger partial charge in [-0.05, 0) is 24.1 Å². The predicted molar refractivity (Wildman–Crippen MR) is 94.6 cm³/mol. The molecule has 7 heteroatoms. The molecule has 5 nitrogen and oxygen atoms in total. The summed E-state index contributed by atoms with van der Waals surface area (Å²) in [6, 6.07) is 15.4. The second-order valence-electron chi connectivity index (χ2n) is 5.30. The lowest BCUT2D eigenvalue weighted by molar-refractivity contribution is -0.646.